The molecule has 0 aromatic rings. The van der Waals surface area contributed by atoms with Crippen molar-refractivity contribution in [1.82, 2.24) is 5.32 Å². The highest BCUT2D eigenvalue weighted by Crippen LogP contribution is 2.19. The molecule has 0 spiro atoms. The van der Waals surface area contributed by atoms with Crippen molar-refractivity contribution in [3.8, 4) is 0 Å². The van der Waals surface area contributed by atoms with Gasteiger partial charge in [-0.25, -0.2) is 0 Å². The third-order valence-electron chi connectivity index (χ3n) is 3.23. The summed E-state index contributed by atoms with van der Waals surface area (Å²) in [5.41, 5.74) is 0.223. The van der Waals surface area contributed by atoms with Crippen LogP contribution in [0.3, 0.4) is 0 Å². The van der Waals surface area contributed by atoms with Gasteiger partial charge in [0, 0.05) is 44.9 Å². The highest BCUT2D eigenvalue weighted by Gasteiger charge is 2.26. The average Bonchev–Trinajstić information content (AvgIpc) is 2.30. The number of hydrogen-bond donors (Lipinski definition) is 1. The fourth-order valence-electron chi connectivity index (χ4n) is 2.08. The molecule has 1 rings (SSSR count). The minimum absolute atomic E-state index is 0.0686. The number of hydrogen-bond acceptors (Lipinski definition) is 4. The first-order valence-electron chi connectivity index (χ1n) is 6.76. The maximum absolute atomic E-state index is 5.52. The molecule has 4 nitrogen and oxygen atoms in total. The van der Waals surface area contributed by atoms with Crippen molar-refractivity contribution in [2.24, 2.45) is 0 Å². The molecule has 0 amide bonds. The molecule has 1 aliphatic rings. The van der Waals surface area contributed by atoms with Gasteiger partial charge >= 0.3 is 0 Å². The first kappa shape index (κ1) is 14.9. The molecule has 0 atom stereocenters. The van der Waals surface area contributed by atoms with Crippen LogP contribution in [0, 0.1) is 0 Å². The standard InChI is InChI=1S/C13H27NO3/c1-4-16-12(17-5-2)6-9-14-13(3)7-10-15-11-8-13/h12,14H,4-11H2,1-3H3. The Kier molecular flexibility index (Phi) is 7.04. The van der Waals surface area contributed by atoms with Crippen molar-refractivity contribution in [3.63, 3.8) is 0 Å². The van der Waals surface area contributed by atoms with Crippen LogP contribution >= 0.6 is 0 Å². The molecule has 0 aromatic heterocycles. The van der Waals surface area contributed by atoms with Crippen LogP contribution in [0.4, 0.5) is 0 Å². The molecule has 0 bridgehead atoms. The van der Waals surface area contributed by atoms with Gasteiger partial charge in [-0.05, 0) is 33.6 Å². The Morgan fingerprint density at radius 3 is 2.29 bits per heavy atom. The number of ether oxygens (including phenoxy) is 3. The molecule has 0 aliphatic carbocycles. The molecule has 0 radical (unpaired) electrons. The van der Waals surface area contributed by atoms with Crippen LogP contribution in [0.25, 0.3) is 0 Å². The lowest BCUT2D eigenvalue weighted by molar-refractivity contribution is -0.139. The van der Waals surface area contributed by atoms with Crippen molar-refractivity contribution in [2.45, 2.75) is 51.9 Å². The lowest BCUT2D eigenvalue weighted by Gasteiger charge is -2.35. The van der Waals surface area contributed by atoms with Gasteiger partial charge in [0.15, 0.2) is 6.29 Å². The summed E-state index contributed by atoms with van der Waals surface area (Å²) in [6.45, 7) is 10.3. The Bertz CT molecular complexity index is 187. The predicted octanol–water partition coefficient (Wildman–Crippen LogP) is 1.93. The molecule has 1 heterocycles. The van der Waals surface area contributed by atoms with Crippen molar-refractivity contribution in [3.05, 3.63) is 0 Å². The van der Waals surface area contributed by atoms with Crippen LogP contribution < -0.4 is 5.32 Å². The molecule has 0 saturated carbocycles. The van der Waals surface area contributed by atoms with Gasteiger partial charge in [-0.2, -0.15) is 0 Å². The van der Waals surface area contributed by atoms with Gasteiger partial charge in [-0.15, -0.1) is 0 Å². The maximum atomic E-state index is 5.52. The smallest absolute Gasteiger partial charge is 0.158 e. The highest BCUT2D eigenvalue weighted by atomic mass is 16.7. The minimum atomic E-state index is -0.0686. The van der Waals surface area contributed by atoms with Gasteiger partial charge in [-0.3, -0.25) is 0 Å². The van der Waals surface area contributed by atoms with Crippen LogP contribution in [0.15, 0.2) is 0 Å². The molecule has 4 heteroatoms. The zero-order valence-electron chi connectivity index (χ0n) is 11.5. The highest BCUT2D eigenvalue weighted by molar-refractivity contribution is 4.85. The number of nitrogens with one attached hydrogen (secondary N) is 1. The summed E-state index contributed by atoms with van der Waals surface area (Å²) in [5.74, 6) is 0. The Morgan fingerprint density at radius 1 is 1.18 bits per heavy atom. The van der Waals surface area contributed by atoms with E-state index in [4.69, 9.17) is 14.2 Å². The maximum Gasteiger partial charge on any atom is 0.158 e. The summed E-state index contributed by atoms with van der Waals surface area (Å²) in [4.78, 5) is 0. The predicted molar refractivity (Wildman–Crippen MR) is 68.1 cm³/mol. The van der Waals surface area contributed by atoms with E-state index < -0.39 is 0 Å². The Labute approximate surface area is 105 Å². The van der Waals surface area contributed by atoms with E-state index in [9.17, 15) is 0 Å². The van der Waals surface area contributed by atoms with Crippen LogP contribution in [-0.4, -0.2) is 44.8 Å². The fraction of sp³-hybridized carbons (Fsp3) is 1.00. The van der Waals surface area contributed by atoms with Crippen molar-refractivity contribution in [1.29, 1.82) is 0 Å². The summed E-state index contributed by atoms with van der Waals surface area (Å²) >= 11 is 0. The zero-order chi connectivity index (χ0) is 12.6. The zero-order valence-corrected chi connectivity index (χ0v) is 11.5. The van der Waals surface area contributed by atoms with Crippen molar-refractivity contribution in [2.75, 3.05) is 33.0 Å². The molecule has 102 valence electrons. The summed E-state index contributed by atoms with van der Waals surface area (Å²) in [7, 11) is 0. The second kappa shape index (κ2) is 8.03. The fourth-order valence-corrected chi connectivity index (χ4v) is 2.08. The Morgan fingerprint density at radius 2 is 1.76 bits per heavy atom. The SMILES string of the molecule is CCOC(CCNC1(C)CCOCC1)OCC. The van der Waals surface area contributed by atoms with E-state index in [-0.39, 0.29) is 11.8 Å². The van der Waals surface area contributed by atoms with Gasteiger partial charge < -0.3 is 19.5 Å². The van der Waals surface area contributed by atoms with E-state index in [1.54, 1.807) is 0 Å². The van der Waals surface area contributed by atoms with E-state index in [0.29, 0.717) is 13.2 Å². The molecule has 1 N–H and O–H groups in total. The van der Waals surface area contributed by atoms with E-state index in [1.165, 1.54) is 0 Å². The molecule has 0 unspecified atom stereocenters. The molecular formula is C13H27NO3. The first-order valence-corrected chi connectivity index (χ1v) is 6.76. The Balaban J connectivity index is 2.19. The Hall–Kier alpha value is -0.160. The lowest BCUT2D eigenvalue weighted by Crippen LogP contribution is -2.47. The second-order valence-corrected chi connectivity index (χ2v) is 4.73. The van der Waals surface area contributed by atoms with Gasteiger partial charge in [0.25, 0.3) is 0 Å². The minimum Gasteiger partial charge on any atom is -0.381 e. The topological polar surface area (TPSA) is 39.7 Å². The quantitative estimate of drug-likeness (QED) is 0.663. The molecule has 17 heavy (non-hydrogen) atoms. The van der Waals surface area contributed by atoms with Crippen LogP contribution in [-0.2, 0) is 14.2 Å². The van der Waals surface area contributed by atoms with Gasteiger partial charge in [0.2, 0.25) is 0 Å². The molecular weight excluding hydrogens is 218 g/mol. The van der Waals surface area contributed by atoms with Crippen molar-refractivity contribution < 1.29 is 14.2 Å². The first-order chi connectivity index (χ1) is 8.20. The third-order valence-corrected chi connectivity index (χ3v) is 3.23. The molecule has 1 fully saturated rings. The third kappa shape index (κ3) is 5.82. The van der Waals surface area contributed by atoms with Crippen molar-refractivity contribution >= 4 is 0 Å². The summed E-state index contributed by atoms with van der Waals surface area (Å²) < 4.78 is 16.4. The van der Waals surface area contributed by atoms with Gasteiger partial charge in [-0.1, -0.05) is 0 Å². The van der Waals surface area contributed by atoms with Gasteiger partial charge in [0.1, 0.15) is 0 Å². The van der Waals surface area contributed by atoms with Gasteiger partial charge in [0.05, 0.1) is 0 Å². The number of rotatable bonds is 8. The van der Waals surface area contributed by atoms with E-state index in [2.05, 4.69) is 12.2 Å². The summed E-state index contributed by atoms with van der Waals surface area (Å²) in [6.07, 6.45) is 3.00. The summed E-state index contributed by atoms with van der Waals surface area (Å²) in [5, 5.41) is 3.61. The lowest BCUT2D eigenvalue weighted by atomic mass is 9.92. The summed E-state index contributed by atoms with van der Waals surface area (Å²) in [6, 6.07) is 0. The normalized spacial score (nSPS) is 19.8. The van der Waals surface area contributed by atoms with E-state index in [0.717, 1.165) is 39.0 Å². The average molecular weight is 245 g/mol. The van der Waals surface area contributed by atoms with Crippen LogP contribution in [0.2, 0.25) is 0 Å². The monoisotopic (exact) mass is 245 g/mol. The molecule has 1 saturated heterocycles. The largest absolute Gasteiger partial charge is 0.381 e. The van der Waals surface area contributed by atoms with Crippen LogP contribution in [0.5, 0.6) is 0 Å². The molecule has 1 aliphatic heterocycles. The molecule has 0 aromatic carbocycles. The van der Waals surface area contributed by atoms with E-state index in [1.807, 2.05) is 13.8 Å². The van der Waals surface area contributed by atoms with E-state index >= 15 is 0 Å². The van der Waals surface area contributed by atoms with Crippen LogP contribution in [0.1, 0.15) is 40.0 Å². The second-order valence-electron chi connectivity index (χ2n) is 4.73.